The van der Waals surface area contributed by atoms with Crippen molar-refractivity contribution in [3.63, 3.8) is 0 Å². The molecule has 0 aromatic heterocycles. The molecule has 0 aromatic carbocycles. The van der Waals surface area contributed by atoms with Gasteiger partial charge in [0.1, 0.15) is 0 Å². The first-order valence-corrected chi connectivity index (χ1v) is 8.92. The van der Waals surface area contributed by atoms with E-state index in [1.807, 2.05) is 0 Å². The molecule has 2 atom stereocenters. The van der Waals surface area contributed by atoms with Gasteiger partial charge in [-0.05, 0) is 18.8 Å². The normalized spacial score (nSPS) is 14.5. The van der Waals surface area contributed by atoms with Gasteiger partial charge in [-0.15, -0.1) is 0 Å². The van der Waals surface area contributed by atoms with Crippen molar-refractivity contribution < 1.29 is 5.11 Å². The Balaban J connectivity index is 3.43. The highest BCUT2D eigenvalue weighted by Crippen LogP contribution is 2.21. The van der Waals surface area contributed by atoms with Crippen molar-refractivity contribution in [3.8, 4) is 0 Å². The quantitative estimate of drug-likeness (QED) is 0.378. The summed E-state index contributed by atoms with van der Waals surface area (Å²) in [6, 6.07) is 0. The molecule has 0 bridgehead atoms. The maximum absolute atomic E-state index is 10.1. The Morgan fingerprint density at radius 1 is 0.684 bits per heavy atom. The molecule has 0 rings (SSSR count). The zero-order valence-electron chi connectivity index (χ0n) is 13.8. The second-order valence-corrected chi connectivity index (χ2v) is 6.22. The van der Waals surface area contributed by atoms with E-state index >= 15 is 0 Å². The van der Waals surface area contributed by atoms with E-state index < -0.39 is 0 Å². The van der Waals surface area contributed by atoms with Crippen LogP contribution < -0.4 is 0 Å². The van der Waals surface area contributed by atoms with E-state index in [0.29, 0.717) is 0 Å². The van der Waals surface area contributed by atoms with E-state index in [1.165, 1.54) is 70.6 Å². The smallest absolute Gasteiger partial charge is 0.0542 e. The summed E-state index contributed by atoms with van der Waals surface area (Å²) in [5.74, 6) is 0.750. The molecule has 0 aliphatic rings. The van der Waals surface area contributed by atoms with Gasteiger partial charge in [0.25, 0.3) is 0 Å². The molecule has 1 heteroatoms. The molecule has 0 saturated heterocycles. The van der Waals surface area contributed by atoms with Crippen molar-refractivity contribution in [2.75, 3.05) is 0 Å². The van der Waals surface area contributed by atoms with Crippen molar-refractivity contribution in [1.29, 1.82) is 0 Å². The van der Waals surface area contributed by atoms with E-state index in [-0.39, 0.29) is 6.10 Å². The number of unbranched alkanes of at least 4 members (excludes halogenated alkanes) is 7. The molecule has 2 unspecified atom stereocenters. The Morgan fingerprint density at radius 3 is 1.84 bits per heavy atom. The molecule has 0 amide bonds. The van der Waals surface area contributed by atoms with Gasteiger partial charge in [0, 0.05) is 0 Å². The highest BCUT2D eigenvalue weighted by Gasteiger charge is 2.12. The fourth-order valence-corrected chi connectivity index (χ4v) is 2.82. The molecule has 0 saturated carbocycles. The molecule has 0 aliphatic heterocycles. The van der Waals surface area contributed by atoms with E-state index in [4.69, 9.17) is 0 Å². The summed E-state index contributed by atoms with van der Waals surface area (Å²) in [7, 11) is 0. The molecule has 0 heterocycles. The standard InChI is InChI=1S/C18H38O/c1-4-7-9-10-11-12-13-15-18(19)16-17(6-3)14-8-5-2/h17-19H,4-16H2,1-3H3. The first-order chi connectivity index (χ1) is 9.24. The Bertz CT molecular complexity index is 167. The molecule has 0 spiro atoms. The third kappa shape index (κ3) is 12.7. The van der Waals surface area contributed by atoms with Crippen LogP contribution in [0.3, 0.4) is 0 Å². The number of hydrogen-bond acceptors (Lipinski definition) is 1. The Kier molecular flexibility index (Phi) is 14.3. The summed E-state index contributed by atoms with van der Waals surface area (Å²) in [4.78, 5) is 0. The molecular formula is C18H38O. The molecule has 116 valence electrons. The van der Waals surface area contributed by atoms with Gasteiger partial charge in [0.15, 0.2) is 0 Å². The van der Waals surface area contributed by atoms with Crippen LogP contribution in [0.4, 0.5) is 0 Å². The van der Waals surface area contributed by atoms with Crippen molar-refractivity contribution in [2.24, 2.45) is 5.92 Å². The van der Waals surface area contributed by atoms with Crippen LogP contribution in [0, 0.1) is 5.92 Å². The van der Waals surface area contributed by atoms with Crippen LogP contribution in [-0.2, 0) is 0 Å². The van der Waals surface area contributed by atoms with Crippen molar-refractivity contribution in [1.82, 2.24) is 0 Å². The fraction of sp³-hybridized carbons (Fsp3) is 1.00. The number of hydrogen-bond donors (Lipinski definition) is 1. The summed E-state index contributed by atoms with van der Waals surface area (Å²) in [6.45, 7) is 6.78. The molecular weight excluding hydrogens is 232 g/mol. The number of aliphatic hydroxyl groups is 1. The first kappa shape index (κ1) is 19.0. The molecule has 1 N–H and O–H groups in total. The second-order valence-electron chi connectivity index (χ2n) is 6.22. The highest BCUT2D eigenvalue weighted by molar-refractivity contribution is 4.65. The lowest BCUT2D eigenvalue weighted by Gasteiger charge is -2.18. The lowest BCUT2D eigenvalue weighted by atomic mass is 9.91. The number of rotatable bonds is 14. The summed E-state index contributed by atoms with van der Waals surface area (Å²) in [5.41, 5.74) is 0. The van der Waals surface area contributed by atoms with Crippen LogP contribution in [0.5, 0.6) is 0 Å². The zero-order valence-corrected chi connectivity index (χ0v) is 13.8. The Hall–Kier alpha value is -0.0400. The summed E-state index contributed by atoms with van der Waals surface area (Å²) >= 11 is 0. The summed E-state index contributed by atoms with van der Waals surface area (Å²) in [5, 5.41) is 10.1. The molecule has 1 nitrogen and oxygen atoms in total. The van der Waals surface area contributed by atoms with Crippen LogP contribution >= 0.6 is 0 Å². The van der Waals surface area contributed by atoms with Crippen molar-refractivity contribution in [2.45, 2.75) is 110 Å². The van der Waals surface area contributed by atoms with Gasteiger partial charge in [0.2, 0.25) is 0 Å². The van der Waals surface area contributed by atoms with Crippen LogP contribution in [-0.4, -0.2) is 11.2 Å². The van der Waals surface area contributed by atoms with Crippen LogP contribution in [0.2, 0.25) is 0 Å². The van der Waals surface area contributed by atoms with Gasteiger partial charge in [0.05, 0.1) is 6.10 Å². The second kappa shape index (κ2) is 14.4. The molecule has 0 radical (unpaired) electrons. The predicted octanol–water partition coefficient (Wildman–Crippen LogP) is 6.09. The van der Waals surface area contributed by atoms with E-state index in [2.05, 4.69) is 20.8 Å². The molecule has 0 fully saturated rings. The van der Waals surface area contributed by atoms with Gasteiger partial charge in [-0.1, -0.05) is 91.4 Å². The zero-order chi connectivity index (χ0) is 14.3. The predicted molar refractivity (Wildman–Crippen MR) is 86.5 cm³/mol. The van der Waals surface area contributed by atoms with Gasteiger partial charge in [-0.3, -0.25) is 0 Å². The molecule has 19 heavy (non-hydrogen) atoms. The minimum Gasteiger partial charge on any atom is -0.393 e. The van der Waals surface area contributed by atoms with Gasteiger partial charge in [-0.2, -0.15) is 0 Å². The minimum atomic E-state index is -0.0440. The lowest BCUT2D eigenvalue weighted by molar-refractivity contribution is 0.125. The highest BCUT2D eigenvalue weighted by atomic mass is 16.3. The van der Waals surface area contributed by atoms with Gasteiger partial charge in [-0.25, -0.2) is 0 Å². The monoisotopic (exact) mass is 270 g/mol. The minimum absolute atomic E-state index is 0.0440. The third-order valence-corrected chi connectivity index (χ3v) is 4.29. The fourth-order valence-electron chi connectivity index (χ4n) is 2.82. The Labute approximate surface area is 122 Å². The van der Waals surface area contributed by atoms with Crippen molar-refractivity contribution in [3.05, 3.63) is 0 Å². The van der Waals surface area contributed by atoms with Gasteiger partial charge >= 0.3 is 0 Å². The summed E-state index contributed by atoms with van der Waals surface area (Å²) < 4.78 is 0. The van der Waals surface area contributed by atoms with E-state index in [1.54, 1.807) is 0 Å². The van der Waals surface area contributed by atoms with Crippen LogP contribution in [0.1, 0.15) is 104 Å². The van der Waals surface area contributed by atoms with Crippen molar-refractivity contribution >= 4 is 0 Å². The first-order valence-electron chi connectivity index (χ1n) is 8.92. The van der Waals surface area contributed by atoms with Crippen LogP contribution in [0.15, 0.2) is 0 Å². The Morgan fingerprint density at radius 2 is 1.26 bits per heavy atom. The maximum atomic E-state index is 10.1. The topological polar surface area (TPSA) is 20.2 Å². The van der Waals surface area contributed by atoms with Gasteiger partial charge < -0.3 is 5.11 Å². The average Bonchev–Trinajstić information content (AvgIpc) is 2.42. The SMILES string of the molecule is CCCCCCCCCC(O)CC(CC)CCCC. The third-order valence-electron chi connectivity index (χ3n) is 4.29. The summed E-state index contributed by atoms with van der Waals surface area (Å²) in [6.07, 6.45) is 16.5. The van der Waals surface area contributed by atoms with Crippen LogP contribution in [0.25, 0.3) is 0 Å². The molecule has 0 aromatic rings. The van der Waals surface area contributed by atoms with E-state index in [9.17, 15) is 5.11 Å². The number of aliphatic hydroxyl groups excluding tert-OH is 1. The lowest BCUT2D eigenvalue weighted by Crippen LogP contribution is -2.13. The largest absolute Gasteiger partial charge is 0.393 e. The van der Waals surface area contributed by atoms with E-state index in [0.717, 1.165) is 18.8 Å². The average molecular weight is 271 g/mol. The molecule has 0 aliphatic carbocycles. The maximum Gasteiger partial charge on any atom is 0.0542 e.